The third kappa shape index (κ3) is 2.41. The first-order valence-electron chi connectivity index (χ1n) is 5.50. The van der Waals surface area contributed by atoms with Gasteiger partial charge in [-0.05, 0) is 60.1 Å². The Morgan fingerprint density at radius 1 is 1.22 bits per heavy atom. The van der Waals surface area contributed by atoms with Crippen molar-refractivity contribution >= 4 is 27.5 Å². The lowest BCUT2D eigenvalue weighted by Gasteiger charge is -2.11. The number of hydrogen-bond acceptors (Lipinski definition) is 2. The van der Waals surface area contributed by atoms with Gasteiger partial charge < -0.3 is 5.73 Å². The Balaban J connectivity index is 2.25. The molecule has 0 spiro atoms. The number of nitrogens with two attached hydrogens (primary N) is 1. The molecule has 0 saturated heterocycles. The van der Waals surface area contributed by atoms with Crippen LogP contribution < -0.4 is 11.2 Å². The van der Waals surface area contributed by atoms with E-state index in [-0.39, 0.29) is 5.91 Å². The van der Waals surface area contributed by atoms with Crippen LogP contribution in [0.2, 0.25) is 0 Å². The maximum absolute atomic E-state index is 12.1. The van der Waals surface area contributed by atoms with Crippen LogP contribution in [0.15, 0.2) is 34.8 Å². The standard InChI is InChI=1S/C13H14BrN3O/c1-8-3-4-9(2)17(8)16-13(18)10-5-6-12(15)11(14)7-10/h3-7H,15H2,1-2H3,(H,16,18). The second-order valence-corrected chi connectivity index (χ2v) is 4.98. The molecule has 18 heavy (non-hydrogen) atoms. The average Bonchev–Trinajstić information content (AvgIpc) is 2.64. The van der Waals surface area contributed by atoms with E-state index >= 15 is 0 Å². The van der Waals surface area contributed by atoms with Crippen LogP contribution in [0.5, 0.6) is 0 Å². The van der Waals surface area contributed by atoms with Crippen molar-refractivity contribution in [3.8, 4) is 0 Å². The highest BCUT2D eigenvalue weighted by molar-refractivity contribution is 9.10. The van der Waals surface area contributed by atoms with Crippen LogP contribution in [0.4, 0.5) is 5.69 Å². The zero-order valence-electron chi connectivity index (χ0n) is 10.2. The van der Waals surface area contributed by atoms with Crippen molar-refractivity contribution in [1.29, 1.82) is 0 Å². The van der Waals surface area contributed by atoms with Gasteiger partial charge in [0.2, 0.25) is 0 Å². The lowest BCUT2D eigenvalue weighted by molar-refractivity contribution is 0.101. The van der Waals surface area contributed by atoms with E-state index < -0.39 is 0 Å². The van der Waals surface area contributed by atoms with E-state index in [2.05, 4.69) is 21.4 Å². The first kappa shape index (κ1) is 12.7. The van der Waals surface area contributed by atoms with Crippen LogP contribution >= 0.6 is 15.9 Å². The molecule has 5 heteroatoms. The predicted octanol–water partition coefficient (Wildman–Crippen LogP) is 2.83. The number of carbonyl (C=O) groups excluding carboxylic acids is 1. The molecule has 3 N–H and O–H groups in total. The summed E-state index contributed by atoms with van der Waals surface area (Å²) in [6, 6.07) is 9.01. The van der Waals surface area contributed by atoms with E-state index in [1.165, 1.54) is 0 Å². The predicted molar refractivity (Wildman–Crippen MR) is 76.2 cm³/mol. The third-order valence-electron chi connectivity index (χ3n) is 2.75. The summed E-state index contributed by atoms with van der Waals surface area (Å²) in [6.07, 6.45) is 0. The van der Waals surface area contributed by atoms with Crippen molar-refractivity contribution in [1.82, 2.24) is 4.68 Å². The summed E-state index contributed by atoms with van der Waals surface area (Å²) in [4.78, 5) is 12.1. The van der Waals surface area contributed by atoms with Crippen molar-refractivity contribution in [2.75, 3.05) is 11.2 Å². The third-order valence-corrected chi connectivity index (χ3v) is 3.43. The molecule has 0 radical (unpaired) electrons. The van der Waals surface area contributed by atoms with E-state index in [4.69, 9.17) is 5.73 Å². The number of anilines is 1. The molecule has 1 amide bonds. The maximum Gasteiger partial charge on any atom is 0.270 e. The number of amides is 1. The minimum atomic E-state index is -0.168. The number of aromatic nitrogens is 1. The molecule has 0 atom stereocenters. The molecule has 4 nitrogen and oxygen atoms in total. The van der Waals surface area contributed by atoms with E-state index in [9.17, 15) is 4.79 Å². The molecule has 1 aromatic carbocycles. The molecule has 0 saturated carbocycles. The molecule has 1 aromatic heterocycles. The van der Waals surface area contributed by atoms with E-state index in [0.717, 1.165) is 15.9 Å². The molecule has 0 aliphatic heterocycles. The normalized spacial score (nSPS) is 10.4. The fourth-order valence-electron chi connectivity index (χ4n) is 1.68. The zero-order chi connectivity index (χ0) is 13.3. The van der Waals surface area contributed by atoms with Gasteiger partial charge in [0.1, 0.15) is 0 Å². The molecular formula is C13H14BrN3O. The molecule has 0 aliphatic carbocycles. The SMILES string of the molecule is Cc1ccc(C)n1NC(=O)c1ccc(N)c(Br)c1. The number of aryl methyl sites for hydroxylation is 2. The lowest BCUT2D eigenvalue weighted by Crippen LogP contribution is -2.24. The van der Waals surface area contributed by atoms with Gasteiger partial charge in [-0.15, -0.1) is 0 Å². The van der Waals surface area contributed by atoms with Gasteiger partial charge in [-0.1, -0.05) is 0 Å². The van der Waals surface area contributed by atoms with Gasteiger partial charge in [-0.25, -0.2) is 0 Å². The number of carbonyl (C=O) groups is 1. The zero-order valence-corrected chi connectivity index (χ0v) is 11.8. The molecule has 0 bridgehead atoms. The van der Waals surface area contributed by atoms with E-state index in [0.29, 0.717) is 11.3 Å². The number of halogens is 1. The second kappa shape index (κ2) is 4.86. The number of benzene rings is 1. The van der Waals surface area contributed by atoms with Gasteiger partial charge in [0, 0.05) is 27.1 Å². The summed E-state index contributed by atoms with van der Waals surface area (Å²) in [5.41, 5.74) is 11.7. The van der Waals surface area contributed by atoms with Crippen LogP contribution in [-0.4, -0.2) is 10.6 Å². The summed E-state index contributed by atoms with van der Waals surface area (Å²) in [5, 5.41) is 0. The monoisotopic (exact) mass is 307 g/mol. The highest BCUT2D eigenvalue weighted by atomic mass is 79.9. The van der Waals surface area contributed by atoms with Gasteiger partial charge in [0.15, 0.2) is 0 Å². The van der Waals surface area contributed by atoms with Gasteiger partial charge in [0.05, 0.1) is 0 Å². The Labute approximate surface area is 114 Å². The number of rotatable bonds is 2. The Morgan fingerprint density at radius 3 is 2.39 bits per heavy atom. The largest absolute Gasteiger partial charge is 0.398 e. The highest BCUT2D eigenvalue weighted by Gasteiger charge is 2.09. The van der Waals surface area contributed by atoms with Crippen LogP contribution in [-0.2, 0) is 0 Å². The molecule has 94 valence electrons. The van der Waals surface area contributed by atoms with E-state index in [1.54, 1.807) is 22.9 Å². The first-order valence-corrected chi connectivity index (χ1v) is 6.29. The van der Waals surface area contributed by atoms with Crippen LogP contribution in [0, 0.1) is 13.8 Å². The summed E-state index contributed by atoms with van der Waals surface area (Å²) in [7, 11) is 0. The van der Waals surface area contributed by atoms with Crippen molar-refractivity contribution in [2.24, 2.45) is 0 Å². The molecule has 2 aromatic rings. The minimum Gasteiger partial charge on any atom is -0.398 e. The van der Waals surface area contributed by atoms with Crippen LogP contribution in [0.3, 0.4) is 0 Å². The molecule has 0 fully saturated rings. The average molecular weight is 308 g/mol. The topological polar surface area (TPSA) is 60.0 Å². The van der Waals surface area contributed by atoms with Gasteiger partial charge >= 0.3 is 0 Å². The van der Waals surface area contributed by atoms with E-state index in [1.807, 2.05) is 26.0 Å². The maximum atomic E-state index is 12.1. The fraction of sp³-hybridized carbons (Fsp3) is 0.154. The van der Waals surface area contributed by atoms with Gasteiger partial charge in [0.25, 0.3) is 5.91 Å². The number of nitrogen functional groups attached to an aromatic ring is 1. The Morgan fingerprint density at radius 2 is 1.83 bits per heavy atom. The quantitative estimate of drug-likeness (QED) is 0.838. The highest BCUT2D eigenvalue weighted by Crippen LogP contribution is 2.20. The summed E-state index contributed by atoms with van der Waals surface area (Å²) >= 11 is 3.31. The fourth-order valence-corrected chi connectivity index (χ4v) is 2.06. The Kier molecular flexibility index (Phi) is 3.43. The number of hydrogen-bond donors (Lipinski definition) is 2. The summed E-state index contributed by atoms with van der Waals surface area (Å²) in [6.45, 7) is 3.87. The molecular weight excluding hydrogens is 294 g/mol. The molecule has 1 heterocycles. The molecule has 0 unspecified atom stereocenters. The van der Waals surface area contributed by atoms with Gasteiger partial charge in [-0.3, -0.25) is 14.9 Å². The Hall–Kier alpha value is -1.75. The molecule has 0 aliphatic rings. The van der Waals surface area contributed by atoms with Crippen LogP contribution in [0.1, 0.15) is 21.7 Å². The van der Waals surface area contributed by atoms with Crippen molar-refractivity contribution in [3.63, 3.8) is 0 Å². The number of nitrogens with one attached hydrogen (secondary N) is 1. The second-order valence-electron chi connectivity index (χ2n) is 4.13. The van der Waals surface area contributed by atoms with Crippen LogP contribution in [0.25, 0.3) is 0 Å². The van der Waals surface area contributed by atoms with Crippen molar-refractivity contribution < 1.29 is 4.79 Å². The summed E-state index contributed by atoms with van der Waals surface area (Å²) in [5.74, 6) is -0.168. The smallest absolute Gasteiger partial charge is 0.270 e. The first-order chi connectivity index (χ1) is 8.49. The van der Waals surface area contributed by atoms with Crippen molar-refractivity contribution in [3.05, 3.63) is 51.8 Å². The molecule has 2 rings (SSSR count). The summed E-state index contributed by atoms with van der Waals surface area (Å²) < 4.78 is 2.48. The lowest BCUT2D eigenvalue weighted by atomic mass is 10.2. The minimum absolute atomic E-state index is 0.168. The van der Waals surface area contributed by atoms with Crippen molar-refractivity contribution in [2.45, 2.75) is 13.8 Å². The number of nitrogens with zero attached hydrogens (tertiary/aromatic N) is 1. The van der Waals surface area contributed by atoms with Gasteiger partial charge in [-0.2, -0.15) is 0 Å². The Bertz CT molecular complexity index is 585.